The molecule has 2 heteroatoms. The fraction of sp³-hybridized carbons (Fsp3) is 1.00. The third kappa shape index (κ3) is 3.53. The largest absolute Gasteiger partial charge is 0.315 e. The van der Waals surface area contributed by atoms with Crippen LogP contribution in [-0.2, 0) is 0 Å². The Bertz CT molecular complexity index is 128. The quantitative estimate of drug-likeness (QED) is 0.677. The van der Waals surface area contributed by atoms with E-state index in [9.17, 15) is 4.39 Å². The van der Waals surface area contributed by atoms with Gasteiger partial charge in [-0.15, -0.1) is 0 Å². The van der Waals surface area contributed by atoms with Gasteiger partial charge in [0, 0.05) is 5.54 Å². The average Bonchev–Trinajstić information content (AvgIpc) is 2.04. The Morgan fingerprint density at radius 3 is 2.00 bits per heavy atom. The highest BCUT2D eigenvalue weighted by molar-refractivity contribution is 4.86. The first-order valence-corrected chi connectivity index (χ1v) is 4.64. The first-order chi connectivity index (χ1) is 5.39. The zero-order valence-corrected chi connectivity index (χ0v) is 9.00. The molecule has 0 aromatic carbocycles. The van der Waals surface area contributed by atoms with Crippen molar-refractivity contribution in [1.82, 2.24) is 5.32 Å². The molecule has 0 fully saturated rings. The van der Waals surface area contributed by atoms with E-state index in [0.717, 1.165) is 12.8 Å². The zero-order chi connectivity index (χ0) is 9.83. The predicted molar refractivity (Wildman–Crippen MR) is 52.1 cm³/mol. The second-order valence-electron chi connectivity index (χ2n) is 4.64. The summed E-state index contributed by atoms with van der Waals surface area (Å²) in [5, 5.41) is 3.25. The molecule has 0 aliphatic heterocycles. The average molecular weight is 175 g/mol. The molecule has 1 N–H and O–H groups in total. The summed E-state index contributed by atoms with van der Waals surface area (Å²) >= 11 is 0. The van der Waals surface area contributed by atoms with Crippen LogP contribution in [0.15, 0.2) is 0 Å². The van der Waals surface area contributed by atoms with Gasteiger partial charge in [0.15, 0.2) is 0 Å². The van der Waals surface area contributed by atoms with E-state index in [1.807, 2.05) is 20.9 Å². The Morgan fingerprint density at radius 1 is 1.25 bits per heavy atom. The van der Waals surface area contributed by atoms with Gasteiger partial charge in [0.05, 0.1) is 6.67 Å². The molecule has 0 bridgehead atoms. The monoisotopic (exact) mass is 175 g/mol. The number of rotatable bonds is 5. The molecule has 0 saturated carbocycles. The van der Waals surface area contributed by atoms with Gasteiger partial charge in [-0.1, -0.05) is 20.8 Å². The second kappa shape index (κ2) is 4.22. The van der Waals surface area contributed by atoms with Crippen molar-refractivity contribution in [1.29, 1.82) is 0 Å². The summed E-state index contributed by atoms with van der Waals surface area (Å²) in [7, 11) is 1.94. The van der Waals surface area contributed by atoms with Crippen LogP contribution in [0.5, 0.6) is 0 Å². The van der Waals surface area contributed by atoms with Crippen molar-refractivity contribution < 1.29 is 4.39 Å². The molecule has 0 radical (unpaired) electrons. The van der Waals surface area contributed by atoms with E-state index in [2.05, 4.69) is 19.2 Å². The van der Waals surface area contributed by atoms with Crippen LogP contribution in [0.1, 0.15) is 40.5 Å². The number of halogens is 1. The molecule has 74 valence electrons. The minimum atomic E-state index is -0.246. The van der Waals surface area contributed by atoms with Crippen LogP contribution < -0.4 is 5.32 Å². The summed E-state index contributed by atoms with van der Waals surface area (Å²) in [6, 6.07) is 0. The molecule has 0 heterocycles. The maximum absolute atomic E-state index is 12.5. The lowest BCUT2D eigenvalue weighted by atomic mass is 9.79. The van der Waals surface area contributed by atoms with Crippen molar-refractivity contribution in [2.75, 3.05) is 13.7 Å². The fourth-order valence-electron chi connectivity index (χ4n) is 1.49. The van der Waals surface area contributed by atoms with Gasteiger partial charge in [0.1, 0.15) is 0 Å². The van der Waals surface area contributed by atoms with Crippen LogP contribution in [0.25, 0.3) is 0 Å². The van der Waals surface area contributed by atoms with Crippen molar-refractivity contribution >= 4 is 0 Å². The summed E-state index contributed by atoms with van der Waals surface area (Å²) in [5.74, 6) is 0. The topological polar surface area (TPSA) is 12.0 Å². The molecule has 12 heavy (non-hydrogen) atoms. The molecule has 0 spiro atoms. The number of alkyl halides is 1. The van der Waals surface area contributed by atoms with Crippen LogP contribution in [0, 0.1) is 5.41 Å². The van der Waals surface area contributed by atoms with Crippen molar-refractivity contribution in [3.8, 4) is 0 Å². The van der Waals surface area contributed by atoms with Gasteiger partial charge in [-0.2, -0.15) is 0 Å². The highest BCUT2D eigenvalue weighted by Crippen LogP contribution is 2.29. The van der Waals surface area contributed by atoms with Crippen molar-refractivity contribution in [2.24, 2.45) is 5.41 Å². The van der Waals surface area contributed by atoms with Gasteiger partial charge in [0.2, 0.25) is 0 Å². The van der Waals surface area contributed by atoms with Crippen LogP contribution in [0.2, 0.25) is 0 Å². The molecule has 0 aliphatic carbocycles. The molecule has 0 aliphatic rings. The van der Waals surface area contributed by atoms with Gasteiger partial charge in [-0.25, -0.2) is 0 Å². The molecule has 1 unspecified atom stereocenters. The van der Waals surface area contributed by atoms with Gasteiger partial charge in [-0.3, -0.25) is 4.39 Å². The van der Waals surface area contributed by atoms with Crippen LogP contribution >= 0.6 is 0 Å². The molecule has 1 nitrogen and oxygen atoms in total. The number of nitrogens with one attached hydrogen (secondary N) is 1. The number of hydrogen-bond acceptors (Lipinski definition) is 1. The van der Waals surface area contributed by atoms with E-state index < -0.39 is 0 Å². The highest BCUT2D eigenvalue weighted by Gasteiger charge is 2.29. The predicted octanol–water partition coefficient (Wildman–Crippen LogP) is 2.76. The Balaban J connectivity index is 4.20. The molecule has 0 aromatic rings. The van der Waals surface area contributed by atoms with Gasteiger partial charge in [-0.05, 0) is 32.2 Å². The summed E-state index contributed by atoms with van der Waals surface area (Å²) in [5.41, 5.74) is -0.122. The zero-order valence-electron chi connectivity index (χ0n) is 9.00. The van der Waals surface area contributed by atoms with Crippen LogP contribution in [-0.4, -0.2) is 19.3 Å². The fourth-order valence-corrected chi connectivity index (χ4v) is 1.49. The van der Waals surface area contributed by atoms with Crippen molar-refractivity contribution in [2.45, 2.75) is 46.1 Å². The Morgan fingerprint density at radius 2 is 1.75 bits per heavy atom. The normalized spacial score (nSPS) is 17.5. The first-order valence-electron chi connectivity index (χ1n) is 4.64. The molecule has 0 saturated heterocycles. The highest BCUT2D eigenvalue weighted by atomic mass is 19.1. The maximum Gasteiger partial charge on any atom is 0.0946 e. The lowest BCUT2D eigenvalue weighted by Crippen LogP contribution is -2.43. The smallest absolute Gasteiger partial charge is 0.0946 e. The Kier molecular flexibility index (Phi) is 4.18. The number of hydrogen-bond donors (Lipinski definition) is 1. The molecule has 1 atom stereocenters. The standard InChI is InChI=1S/C10H22FN/c1-6-10(4,12-5)7-9(2,3)8-11/h12H,6-8H2,1-5H3. The van der Waals surface area contributed by atoms with E-state index in [-0.39, 0.29) is 17.6 Å². The Hall–Kier alpha value is -0.110. The van der Waals surface area contributed by atoms with Gasteiger partial charge < -0.3 is 5.32 Å². The maximum atomic E-state index is 12.5. The first kappa shape index (κ1) is 11.9. The minimum absolute atomic E-state index is 0.0790. The molecule has 0 amide bonds. The van der Waals surface area contributed by atoms with Gasteiger partial charge >= 0.3 is 0 Å². The lowest BCUT2D eigenvalue weighted by molar-refractivity contribution is 0.169. The van der Waals surface area contributed by atoms with Crippen molar-refractivity contribution in [3.63, 3.8) is 0 Å². The molecular formula is C10H22FN. The molecule has 0 aromatic heterocycles. The van der Waals surface area contributed by atoms with E-state index in [1.54, 1.807) is 0 Å². The van der Waals surface area contributed by atoms with E-state index in [0.29, 0.717) is 0 Å². The molecular weight excluding hydrogens is 153 g/mol. The SMILES string of the molecule is CCC(C)(CC(C)(C)CF)NC. The van der Waals surface area contributed by atoms with Gasteiger partial charge in [0.25, 0.3) is 0 Å². The second-order valence-corrected chi connectivity index (χ2v) is 4.64. The molecule has 0 rings (SSSR count). The summed E-state index contributed by atoms with van der Waals surface area (Å²) < 4.78 is 12.5. The summed E-state index contributed by atoms with van der Waals surface area (Å²) in [6.07, 6.45) is 1.91. The van der Waals surface area contributed by atoms with Crippen molar-refractivity contribution in [3.05, 3.63) is 0 Å². The minimum Gasteiger partial charge on any atom is -0.315 e. The third-order valence-corrected chi connectivity index (χ3v) is 2.61. The van der Waals surface area contributed by atoms with Crippen LogP contribution in [0.4, 0.5) is 4.39 Å². The Labute approximate surface area is 75.7 Å². The summed E-state index contributed by atoms with van der Waals surface area (Å²) in [4.78, 5) is 0. The van der Waals surface area contributed by atoms with E-state index in [4.69, 9.17) is 0 Å². The lowest BCUT2D eigenvalue weighted by Gasteiger charge is -2.35. The summed E-state index contributed by atoms with van der Waals surface area (Å²) in [6.45, 7) is 7.97. The van der Waals surface area contributed by atoms with Crippen LogP contribution in [0.3, 0.4) is 0 Å². The van der Waals surface area contributed by atoms with E-state index >= 15 is 0 Å². The van der Waals surface area contributed by atoms with E-state index in [1.165, 1.54) is 0 Å². The third-order valence-electron chi connectivity index (χ3n) is 2.61.